The van der Waals surface area contributed by atoms with E-state index in [0.717, 1.165) is 68.7 Å². The van der Waals surface area contributed by atoms with Gasteiger partial charge in [-0.3, -0.25) is 9.89 Å². The number of halogens is 1. The zero-order valence-electron chi connectivity index (χ0n) is 19.4. The standard InChI is InChI=1S/C23H38N4O3.HI/c1-23(2,27-11-13-29-14-12-27)17-26-22(24-3)25-16-18-9-10-20(21(15-18)28-4)30-19-7-5-6-8-19;/h9-10,15,19H,5-8,11-14,16-17H2,1-4H3,(H2,24,25,26);1H. The van der Waals surface area contributed by atoms with Crippen LogP contribution in [0.1, 0.15) is 45.1 Å². The van der Waals surface area contributed by atoms with Gasteiger partial charge in [0, 0.05) is 38.8 Å². The minimum absolute atomic E-state index is 0. The van der Waals surface area contributed by atoms with Crippen molar-refractivity contribution < 1.29 is 14.2 Å². The number of hydrogen-bond acceptors (Lipinski definition) is 5. The number of guanidine groups is 1. The molecule has 0 aromatic heterocycles. The fourth-order valence-corrected chi connectivity index (χ4v) is 4.09. The van der Waals surface area contributed by atoms with Crippen LogP contribution < -0.4 is 20.1 Å². The molecule has 1 aliphatic heterocycles. The van der Waals surface area contributed by atoms with Crippen molar-refractivity contribution in [1.82, 2.24) is 15.5 Å². The summed E-state index contributed by atoms with van der Waals surface area (Å²) < 4.78 is 17.2. The van der Waals surface area contributed by atoms with Crippen molar-refractivity contribution in [1.29, 1.82) is 0 Å². The molecular weight excluding hydrogens is 507 g/mol. The van der Waals surface area contributed by atoms with Crippen molar-refractivity contribution in [2.24, 2.45) is 4.99 Å². The van der Waals surface area contributed by atoms with Crippen LogP contribution in [0.15, 0.2) is 23.2 Å². The Morgan fingerprint density at radius 2 is 1.87 bits per heavy atom. The number of aliphatic imine (C=N–C) groups is 1. The topological polar surface area (TPSA) is 67.4 Å². The third-order valence-corrected chi connectivity index (χ3v) is 6.06. The summed E-state index contributed by atoms with van der Waals surface area (Å²) in [6.45, 7) is 9.53. The first-order valence-electron chi connectivity index (χ1n) is 11.1. The molecule has 1 heterocycles. The van der Waals surface area contributed by atoms with E-state index in [4.69, 9.17) is 14.2 Å². The highest BCUT2D eigenvalue weighted by Crippen LogP contribution is 2.32. The number of benzene rings is 1. The first-order valence-corrected chi connectivity index (χ1v) is 11.1. The number of nitrogens with one attached hydrogen (secondary N) is 2. The molecule has 0 unspecified atom stereocenters. The van der Waals surface area contributed by atoms with Crippen molar-refractivity contribution in [3.05, 3.63) is 23.8 Å². The second-order valence-corrected chi connectivity index (χ2v) is 8.70. The molecule has 2 N–H and O–H groups in total. The quantitative estimate of drug-likeness (QED) is 0.296. The Balaban J connectivity index is 0.00000341. The van der Waals surface area contributed by atoms with Crippen molar-refractivity contribution in [2.75, 3.05) is 47.0 Å². The Hall–Kier alpha value is -1.26. The van der Waals surface area contributed by atoms with Gasteiger partial charge in [-0.15, -0.1) is 24.0 Å². The summed E-state index contributed by atoms with van der Waals surface area (Å²) in [6, 6.07) is 6.15. The maximum absolute atomic E-state index is 6.14. The van der Waals surface area contributed by atoms with Crippen LogP contribution in [0, 0.1) is 0 Å². The van der Waals surface area contributed by atoms with Gasteiger partial charge in [-0.05, 0) is 57.2 Å². The molecule has 1 saturated heterocycles. The maximum atomic E-state index is 6.14. The number of rotatable bonds is 8. The highest BCUT2D eigenvalue weighted by Gasteiger charge is 2.28. The van der Waals surface area contributed by atoms with Gasteiger partial charge in [0.1, 0.15) is 0 Å². The van der Waals surface area contributed by atoms with Gasteiger partial charge in [0.05, 0.1) is 26.4 Å². The summed E-state index contributed by atoms with van der Waals surface area (Å²) in [5.74, 6) is 2.42. The Labute approximate surface area is 204 Å². The lowest BCUT2D eigenvalue weighted by Crippen LogP contribution is -2.56. The van der Waals surface area contributed by atoms with Crippen LogP contribution in [0.2, 0.25) is 0 Å². The monoisotopic (exact) mass is 546 g/mol. The van der Waals surface area contributed by atoms with Crippen molar-refractivity contribution in [3.8, 4) is 11.5 Å². The molecule has 0 atom stereocenters. The van der Waals surface area contributed by atoms with Crippen LogP contribution in [-0.2, 0) is 11.3 Å². The Kier molecular flexibility index (Phi) is 10.6. The van der Waals surface area contributed by atoms with Crippen LogP contribution in [0.5, 0.6) is 11.5 Å². The molecule has 176 valence electrons. The predicted octanol–water partition coefficient (Wildman–Crippen LogP) is 3.41. The largest absolute Gasteiger partial charge is 0.493 e. The van der Waals surface area contributed by atoms with Gasteiger partial charge in [0.2, 0.25) is 0 Å². The SMILES string of the molecule is CN=C(NCc1ccc(OC2CCCC2)c(OC)c1)NCC(C)(C)N1CCOCC1.I. The molecule has 2 fully saturated rings. The smallest absolute Gasteiger partial charge is 0.191 e. The highest BCUT2D eigenvalue weighted by atomic mass is 127. The van der Waals surface area contributed by atoms with Crippen molar-refractivity contribution in [3.63, 3.8) is 0 Å². The van der Waals surface area contributed by atoms with Gasteiger partial charge in [0.15, 0.2) is 17.5 Å². The van der Waals surface area contributed by atoms with Gasteiger partial charge >= 0.3 is 0 Å². The van der Waals surface area contributed by atoms with E-state index in [1.165, 1.54) is 12.8 Å². The molecule has 0 amide bonds. The van der Waals surface area contributed by atoms with E-state index in [0.29, 0.717) is 12.6 Å². The Bertz CT molecular complexity index is 702. The van der Waals surface area contributed by atoms with E-state index in [-0.39, 0.29) is 29.5 Å². The molecule has 1 saturated carbocycles. The molecule has 31 heavy (non-hydrogen) atoms. The van der Waals surface area contributed by atoms with E-state index >= 15 is 0 Å². The molecule has 1 aromatic carbocycles. The molecule has 0 bridgehead atoms. The summed E-state index contributed by atoms with van der Waals surface area (Å²) in [5, 5.41) is 6.87. The number of hydrogen-bond donors (Lipinski definition) is 2. The van der Waals surface area contributed by atoms with Crippen molar-refractivity contribution >= 4 is 29.9 Å². The second kappa shape index (κ2) is 12.7. The van der Waals surface area contributed by atoms with E-state index in [9.17, 15) is 0 Å². The van der Waals surface area contributed by atoms with Gasteiger partial charge in [-0.25, -0.2) is 0 Å². The Morgan fingerprint density at radius 3 is 2.52 bits per heavy atom. The van der Waals surface area contributed by atoms with Crippen LogP contribution in [-0.4, -0.2) is 69.5 Å². The molecule has 1 aromatic rings. The third kappa shape index (κ3) is 7.68. The Morgan fingerprint density at radius 1 is 1.16 bits per heavy atom. The fourth-order valence-electron chi connectivity index (χ4n) is 4.09. The van der Waals surface area contributed by atoms with Crippen LogP contribution >= 0.6 is 24.0 Å². The van der Waals surface area contributed by atoms with E-state index < -0.39 is 0 Å². The molecule has 0 radical (unpaired) electrons. The van der Waals surface area contributed by atoms with E-state index in [2.05, 4.69) is 40.4 Å². The van der Waals surface area contributed by atoms with Gasteiger partial charge in [-0.2, -0.15) is 0 Å². The minimum Gasteiger partial charge on any atom is -0.493 e. The van der Waals surface area contributed by atoms with E-state index in [1.54, 1.807) is 14.2 Å². The van der Waals surface area contributed by atoms with E-state index in [1.807, 2.05) is 12.1 Å². The molecule has 1 aliphatic carbocycles. The minimum atomic E-state index is 0. The molecule has 0 spiro atoms. The third-order valence-electron chi connectivity index (χ3n) is 6.06. The number of nitrogens with zero attached hydrogens (tertiary/aromatic N) is 2. The first kappa shape index (κ1) is 26.0. The normalized spacial score (nSPS) is 18.4. The molecule has 3 rings (SSSR count). The maximum Gasteiger partial charge on any atom is 0.191 e. The highest BCUT2D eigenvalue weighted by molar-refractivity contribution is 14.0. The first-order chi connectivity index (χ1) is 14.5. The number of ether oxygens (including phenoxy) is 3. The summed E-state index contributed by atoms with van der Waals surface area (Å²) in [4.78, 5) is 6.84. The van der Waals surface area contributed by atoms with Crippen LogP contribution in [0.3, 0.4) is 0 Å². The summed E-state index contributed by atoms with van der Waals surface area (Å²) in [7, 11) is 3.50. The lowest BCUT2D eigenvalue weighted by Gasteiger charge is -2.41. The fraction of sp³-hybridized carbons (Fsp3) is 0.696. The van der Waals surface area contributed by atoms with Crippen molar-refractivity contribution in [2.45, 2.75) is 57.7 Å². The zero-order valence-corrected chi connectivity index (χ0v) is 21.7. The number of methoxy groups -OCH3 is 1. The molecule has 7 nitrogen and oxygen atoms in total. The average molecular weight is 546 g/mol. The van der Waals surface area contributed by atoms with Gasteiger partial charge in [-0.1, -0.05) is 6.07 Å². The van der Waals surface area contributed by atoms with Crippen LogP contribution in [0.4, 0.5) is 0 Å². The summed E-state index contributed by atoms with van der Waals surface area (Å²) >= 11 is 0. The predicted molar refractivity (Wildman–Crippen MR) is 136 cm³/mol. The van der Waals surface area contributed by atoms with Gasteiger partial charge in [0.25, 0.3) is 0 Å². The summed E-state index contributed by atoms with van der Waals surface area (Å²) in [5.41, 5.74) is 1.16. The molecule has 2 aliphatic rings. The number of morpholine rings is 1. The summed E-state index contributed by atoms with van der Waals surface area (Å²) in [6.07, 6.45) is 5.10. The average Bonchev–Trinajstić information content (AvgIpc) is 3.28. The molecule has 8 heteroatoms. The molecular formula is C23H39IN4O3. The van der Waals surface area contributed by atoms with Crippen LogP contribution in [0.25, 0.3) is 0 Å². The zero-order chi connectivity index (χ0) is 21.4. The van der Waals surface area contributed by atoms with Gasteiger partial charge < -0.3 is 24.8 Å². The second-order valence-electron chi connectivity index (χ2n) is 8.70. The lowest BCUT2D eigenvalue weighted by molar-refractivity contribution is -0.00834. The lowest BCUT2D eigenvalue weighted by atomic mass is 10.0.